The highest BCUT2D eigenvalue weighted by atomic mass is 16.5. The molecule has 3 heteroatoms. The topological polar surface area (TPSA) is 38.5 Å². The van der Waals surface area contributed by atoms with Crippen molar-refractivity contribution in [3.63, 3.8) is 0 Å². The maximum atomic E-state index is 5.98. The van der Waals surface area contributed by atoms with Gasteiger partial charge in [-0.3, -0.25) is 4.90 Å². The Morgan fingerprint density at radius 2 is 1.94 bits per heavy atom. The summed E-state index contributed by atoms with van der Waals surface area (Å²) in [6, 6.07) is 8.47. The molecule has 0 radical (unpaired) electrons. The van der Waals surface area contributed by atoms with Gasteiger partial charge in [0.25, 0.3) is 0 Å². The van der Waals surface area contributed by atoms with E-state index < -0.39 is 0 Å². The summed E-state index contributed by atoms with van der Waals surface area (Å²) in [5, 5.41) is 0. The zero-order valence-electron chi connectivity index (χ0n) is 11.9. The summed E-state index contributed by atoms with van der Waals surface area (Å²) in [5.41, 5.74) is 7.19. The fourth-order valence-electron chi connectivity index (χ4n) is 2.34. The minimum atomic E-state index is 0.248. The van der Waals surface area contributed by atoms with Gasteiger partial charge >= 0.3 is 0 Å². The van der Waals surface area contributed by atoms with Crippen molar-refractivity contribution in [1.29, 1.82) is 0 Å². The first-order valence-corrected chi connectivity index (χ1v) is 6.94. The van der Waals surface area contributed by atoms with Crippen LogP contribution in [0.4, 0.5) is 0 Å². The average molecular weight is 250 g/mol. The number of hydrogen-bond donors (Lipinski definition) is 1. The molecule has 1 unspecified atom stereocenters. The van der Waals surface area contributed by atoms with E-state index in [1.54, 1.807) is 0 Å². The van der Waals surface area contributed by atoms with E-state index in [0.29, 0.717) is 13.2 Å². The summed E-state index contributed by atoms with van der Waals surface area (Å²) in [6.07, 6.45) is 1.14. The van der Waals surface area contributed by atoms with Crippen LogP contribution in [0.5, 0.6) is 5.75 Å². The summed E-state index contributed by atoms with van der Waals surface area (Å²) in [7, 11) is 0. The Hall–Kier alpha value is -1.06. The number of benzene rings is 1. The van der Waals surface area contributed by atoms with Gasteiger partial charge in [-0.2, -0.15) is 0 Å². The molecule has 0 aliphatic carbocycles. The molecule has 0 saturated heterocycles. The number of ether oxygens (including phenoxy) is 1. The monoisotopic (exact) mass is 250 g/mol. The SMILES string of the molecule is CCCN(CC)C(CN)c1ccccc1OCC. The Bertz CT molecular complexity index is 341. The molecule has 0 amide bonds. The first kappa shape index (κ1) is 15.0. The summed E-state index contributed by atoms with van der Waals surface area (Å²) >= 11 is 0. The van der Waals surface area contributed by atoms with E-state index in [2.05, 4.69) is 30.9 Å². The van der Waals surface area contributed by atoms with E-state index in [1.165, 1.54) is 5.56 Å². The van der Waals surface area contributed by atoms with Crippen molar-refractivity contribution in [2.24, 2.45) is 5.73 Å². The van der Waals surface area contributed by atoms with Crippen molar-refractivity contribution < 1.29 is 4.74 Å². The minimum absolute atomic E-state index is 0.248. The van der Waals surface area contributed by atoms with E-state index in [9.17, 15) is 0 Å². The number of rotatable bonds is 8. The van der Waals surface area contributed by atoms with Gasteiger partial charge in [-0.05, 0) is 32.5 Å². The lowest BCUT2D eigenvalue weighted by atomic mass is 10.0. The van der Waals surface area contributed by atoms with Crippen LogP contribution in [-0.2, 0) is 0 Å². The van der Waals surface area contributed by atoms with Crippen molar-refractivity contribution in [1.82, 2.24) is 4.90 Å². The number of para-hydroxylation sites is 1. The number of nitrogens with two attached hydrogens (primary N) is 1. The van der Waals surface area contributed by atoms with Crippen molar-refractivity contribution >= 4 is 0 Å². The lowest BCUT2D eigenvalue weighted by Crippen LogP contribution is -2.34. The van der Waals surface area contributed by atoms with Gasteiger partial charge in [0.15, 0.2) is 0 Å². The number of hydrogen-bond acceptors (Lipinski definition) is 3. The predicted octanol–water partition coefficient (Wildman–Crippen LogP) is 2.82. The standard InChI is InChI=1S/C15H26N2O/c1-4-11-17(5-2)14(12-16)13-9-7-8-10-15(13)18-6-3/h7-10,14H,4-6,11-12,16H2,1-3H3. The highest BCUT2D eigenvalue weighted by molar-refractivity contribution is 5.36. The summed E-state index contributed by atoms with van der Waals surface area (Å²) in [4.78, 5) is 2.41. The Morgan fingerprint density at radius 1 is 1.22 bits per heavy atom. The summed E-state index contributed by atoms with van der Waals surface area (Å²) in [6.45, 7) is 9.78. The molecule has 1 rings (SSSR count). The largest absolute Gasteiger partial charge is 0.494 e. The van der Waals surface area contributed by atoms with E-state index in [4.69, 9.17) is 10.5 Å². The van der Waals surface area contributed by atoms with Crippen LogP contribution in [0.15, 0.2) is 24.3 Å². The van der Waals surface area contributed by atoms with Crippen molar-refractivity contribution in [3.05, 3.63) is 29.8 Å². The van der Waals surface area contributed by atoms with Crippen LogP contribution < -0.4 is 10.5 Å². The second-order valence-electron chi connectivity index (χ2n) is 4.35. The first-order valence-electron chi connectivity index (χ1n) is 6.94. The Balaban J connectivity index is 2.99. The van der Waals surface area contributed by atoms with Gasteiger partial charge in [0, 0.05) is 12.1 Å². The summed E-state index contributed by atoms with van der Waals surface area (Å²) < 4.78 is 5.71. The van der Waals surface area contributed by atoms with Crippen LogP contribution in [0.2, 0.25) is 0 Å². The Morgan fingerprint density at radius 3 is 2.50 bits per heavy atom. The van der Waals surface area contributed by atoms with E-state index in [1.807, 2.05) is 19.1 Å². The molecular weight excluding hydrogens is 224 g/mol. The molecular formula is C15H26N2O. The molecule has 2 N–H and O–H groups in total. The van der Waals surface area contributed by atoms with Gasteiger partial charge in [-0.1, -0.05) is 32.0 Å². The van der Waals surface area contributed by atoms with Crippen LogP contribution >= 0.6 is 0 Å². The van der Waals surface area contributed by atoms with Crippen LogP contribution in [0, 0.1) is 0 Å². The molecule has 1 aromatic carbocycles. The summed E-state index contributed by atoms with van der Waals surface area (Å²) in [5.74, 6) is 0.963. The highest BCUT2D eigenvalue weighted by Gasteiger charge is 2.20. The third-order valence-electron chi connectivity index (χ3n) is 3.16. The molecule has 0 aliphatic heterocycles. The molecule has 0 bridgehead atoms. The first-order chi connectivity index (χ1) is 8.78. The molecule has 18 heavy (non-hydrogen) atoms. The van der Waals surface area contributed by atoms with Crippen LogP contribution in [0.3, 0.4) is 0 Å². The van der Waals surface area contributed by atoms with Crippen LogP contribution in [0.25, 0.3) is 0 Å². The molecule has 0 aliphatic rings. The lowest BCUT2D eigenvalue weighted by molar-refractivity contribution is 0.206. The quantitative estimate of drug-likeness (QED) is 0.771. The fraction of sp³-hybridized carbons (Fsp3) is 0.600. The van der Waals surface area contributed by atoms with Crippen LogP contribution in [-0.4, -0.2) is 31.1 Å². The van der Waals surface area contributed by atoms with E-state index in [-0.39, 0.29) is 6.04 Å². The average Bonchev–Trinajstić information content (AvgIpc) is 2.40. The molecule has 0 spiro atoms. The normalized spacial score (nSPS) is 12.7. The maximum Gasteiger partial charge on any atom is 0.124 e. The minimum Gasteiger partial charge on any atom is -0.494 e. The number of likely N-dealkylation sites (N-methyl/N-ethyl adjacent to an activating group) is 1. The van der Waals surface area contributed by atoms with Gasteiger partial charge in [0.05, 0.1) is 12.6 Å². The number of nitrogens with zero attached hydrogens (tertiary/aromatic N) is 1. The van der Waals surface area contributed by atoms with Gasteiger partial charge < -0.3 is 10.5 Å². The lowest BCUT2D eigenvalue weighted by Gasteiger charge is -2.30. The Kier molecular flexibility index (Phi) is 6.76. The molecule has 0 heterocycles. The highest BCUT2D eigenvalue weighted by Crippen LogP contribution is 2.28. The van der Waals surface area contributed by atoms with Gasteiger partial charge in [0.1, 0.15) is 5.75 Å². The smallest absolute Gasteiger partial charge is 0.124 e. The molecule has 0 aromatic heterocycles. The van der Waals surface area contributed by atoms with Crippen molar-refractivity contribution in [2.75, 3.05) is 26.2 Å². The zero-order chi connectivity index (χ0) is 13.4. The molecule has 0 fully saturated rings. The molecule has 0 saturated carbocycles. The third kappa shape index (κ3) is 3.72. The Labute approximate surface area is 111 Å². The van der Waals surface area contributed by atoms with Crippen molar-refractivity contribution in [2.45, 2.75) is 33.2 Å². The molecule has 1 atom stereocenters. The predicted molar refractivity (Wildman–Crippen MR) is 76.9 cm³/mol. The van der Waals surface area contributed by atoms with Crippen LogP contribution in [0.1, 0.15) is 38.8 Å². The molecule has 3 nitrogen and oxygen atoms in total. The second kappa shape index (κ2) is 8.11. The zero-order valence-corrected chi connectivity index (χ0v) is 11.9. The maximum absolute atomic E-state index is 5.98. The third-order valence-corrected chi connectivity index (χ3v) is 3.16. The molecule has 1 aromatic rings. The van der Waals surface area contributed by atoms with Gasteiger partial charge in [-0.15, -0.1) is 0 Å². The van der Waals surface area contributed by atoms with Crippen molar-refractivity contribution in [3.8, 4) is 5.75 Å². The van der Waals surface area contributed by atoms with Gasteiger partial charge in [-0.25, -0.2) is 0 Å². The van der Waals surface area contributed by atoms with E-state index >= 15 is 0 Å². The second-order valence-corrected chi connectivity index (χ2v) is 4.35. The van der Waals surface area contributed by atoms with Gasteiger partial charge in [0.2, 0.25) is 0 Å². The molecule has 102 valence electrons. The van der Waals surface area contributed by atoms with E-state index in [0.717, 1.165) is 25.3 Å². The fourth-order valence-corrected chi connectivity index (χ4v) is 2.34.